The molecule has 0 radical (unpaired) electrons. The largest absolute Gasteiger partial charge is 0.388 e. The monoisotopic (exact) mass is 273 g/mol. The van der Waals surface area contributed by atoms with Crippen molar-refractivity contribution in [2.45, 2.75) is 26.8 Å². The predicted molar refractivity (Wildman–Crippen MR) is 77.8 cm³/mol. The van der Waals surface area contributed by atoms with Gasteiger partial charge in [0.1, 0.15) is 5.76 Å². The normalized spacial score (nSPS) is 12.0. The van der Waals surface area contributed by atoms with Crippen LogP contribution in [-0.4, -0.2) is 18.1 Å². The Morgan fingerprint density at radius 2 is 1.90 bits per heavy atom. The highest BCUT2D eigenvalue weighted by Crippen LogP contribution is 2.21. The van der Waals surface area contributed by atoms with Crippen molar-refractivity contribution in [2.24, 2.45) is 0 Å². The maximum atomic E-state index is 12.2. The second kappa shape index (κ2) is 5.77. The minimum atomic E-state index is -0.141. The first-order valence-electron chi connectivity index (χ1n) is 6.54. The van der Waals surface area contributed by atoms with Crippen molar-refractivity contribution < 1.29 is 9.32 Å². The Labute approximate surface area is 118 Å². The molecule has 1 amide bonds. The lowest BCUT2D eigenvalue weighted by Gasteiger charge is -2.14. The van der Waals surface area contributed by atoms with E-state index in [0.29, 0.717) is 5.56 Å². The highest BCUT2D eigenvalue weighted by molar-refractivity contribution is 5.94. The van der Waals surface area contributed by atoms with Gasteiger partial charge in [0.15, 0.2) is 0 Å². The van der Waals surface area contributed by atoms with Gasteiger partial charge in [-0.3, -0.25) is 4.79 Å². The lowest BCUT2D eigenvalue weighted by atomic mass is 10.1. The molecule has 1 aromatic heterocycles. The maximum absolute atomic E-state index is 12.2. The molecule has 1 atom stereocenters. The first-order valence-corrected chi connectivity index (χ1v) is 6.54. The van der Waals surface area contributed by atoms with Crippen LogP contribution >= 0.6 is 0 Å². The first kappa shape index (κ1) is 14.1. The zero-order valence-corrected chi connectivity index (χ0v) is 12.2. The number of rotatable bonds is 4. The molecular weight excluding hydrogens is 254 g/mol. The summed E-state index contributed by atoms with van der Waals surface area (Å²) in [6.07, 6.45) is 0. The Kier molecular flexibility index (Phi) is 4.08. The summed E-state index contributed by atoms with van der Waals surface area (Å²) < 4.78 is 5.12. The Hall–Kier alpha value is -2.30. The molecule has 0 fully saturated rings. The Balaban J connectivity index is 2.11. The summed E-state index contributed by atoms with van der Waals surface area (Å²) in [7, 11) is 1.84. The van der Waals surface area contributed by atoms with E-state index in [1.165, 1.54) is 0 Å². The fourth-order valence-corrected chi connectivity index (χ4v) is 2.25. The van der Waals surface area contributed by atoms with Crippen LogP contribution in [0.5, 0.6) is 0 Å². The third-order valence-electron chi connectivity index (χ3n) is 3.30. The fourth-order valence-electron chi connectivity index (χ4n) is 2.25. The van der Waals surface area contributed by atoms with E-state index in [4.69, 9.17) is 4.52 Å². The quantitative estimate of drug-likeness (QED) is 0.899. The van der Waals surface area contributed by atoms with Gasteiger partial charge >= 0.3 is 0 Å². The number of carbonyl (C=O) groups excluding carboxylic acids is 1. The number of nitrogens with zero attached hydrogens (tertiary/aromatic N) is 1. The van der Waals surface area contributed by atoms with Gasteiger partial charge in [-0.1, -0.05) is 5.16 Å². The van der Waals surface area contributed by atoms with Crippen LogP contribution in [-0.2, 0) is 0 Å². The van der Waals surface area contributed by atoms with E-state index in [0.717, 1.165) is 22.7 Å². The topological polar surface area (TPSA) is 67.2 Å². The molecule has 2 N–H and O–H groups in total. The van der Waals surface area contributed by atoms with Crippen LogP contribution in [0.15, 0.2) is 28.8 Å². The summed E-state index contributed by atoms with van der Waals surface area (Å²) in [6.45, 7) is 5.64. The van der Waals surface area contributed by atoms with Crippen molar-refractivity contribution in [1.82, 2.24) is 10.5 Å². The second-order valence-electron chi connectivity index (χ2n) is 4.76. The van der Waals surface area contributed by atoms with E-state index in [2.05, 4.69) is 15.8 Å². The molecule has 0 saturated carbocycles. The van der Waals surface area contributed by atoms with E-state index < -0.39 is 0 Å². The van der Waals surface area contributed by atoms with Gasteiger partial charge in [-0.15, -0.1) is 0 Å². The number of carbonyl (C=O) groups is 1. The summed E-state index contributed by atoms with van der Waals surface area (Å²) >= 11 is 0. The number of hydrogen-bond donors (Lipinski definition) is 2. The molecule has 0 bridgehead atoms. The van der Waals surface area contributed by atoms with Crippen molar-refractivity contribution in [2.75, 3.05) is 12.4 Å². The van der Waals surface area contributed by atoms with E-state index >= 15 is 0 Å². The molecular formula is C15H19N3O2. The van der Waals surface area contributed by atoms with Crippen molar-refractivity contribution in [3.8, 4) is 0 Å². The van der Waals surface area contributed by atoms with E-state index in [-0.39, 0.29) is 11.9 Å². The van der Waals surface area contributed by atoms with Crippen LogP contribution < -0.4 is 10.6 Å². The molecule has 20 heavy (non-hydrogen) atoms. The second-order valence-corrected chi connectivity index (χ2v) is 4.76. The highest BCUT2D eigenvalue weighted by atomic mass is 16.5. The zero-order chi connectivity index (χ0) is 14.7. The van der Waals surface area contributed by atoms with Crippen molar-refractivity contribution in [3.05, 3.63) is 46.8 Å². The van der Waals surface area contributed by atoms with Gasteiger partial charge in [-0.05, 0) is 45.0 Å². The molecule has 0 saturated heterocycles. The maximum Gasteiger partial charge on any atom is 0.251 e. The number of benzene rings is 1. The SMILES string of the molecule is CNc1ccc(C(=O)NC(C)c2c(C)noc2C)cc1. The highest BCUT2D eigenvalue weighted by Gasteiger charge is 2.18. The summed E-state index contributed by atoms with van der Waals surface area (Å²) in [5, 5.41) is 9.88. The molecule has 1 unspecified atom stereocenters. The molecule has 106 valence electrons. The molecule has 0 aliphatic carbocycles. The van der Waals surface area contributed by atoms with Gasteiger partial charge in [-0.25, -0.2) is 0 Å². The smallest absolute Gasteiger partial charge is 0.251 e. The van der Waals surface area contributed by atoms with E-state index in [1.54, 1.807) is 12.1 Å². The molecule has 1 heterocycles. The molecule has 0 spiro atoms. The Morgan fingerprint density at radius 1 is 1.25 bits per heavy atom. The lowest BCUT2D eigenvalue weighted by Crippen LogP contribution is -2.27. The van der Waals surface area contributed by atoms with Crippen LogP contribution in [0.2, 0.25) is 0 Å². The van der Waals surface area contributed by atoms with E-state index in [9.17, 15) is 4.79 Å². The molecule has 5 nitrogen and oxygen atoms in total. The van der Waals surface area contributed by atoms with Crippen LogP contribution in [0.1, 0.15) is 40.3 Å². The number of amides is 1. The van der Waals surface area contributed by atoms with Gasteiger partial charge < -0.3 is 15.2 Å². The molecule has 1 aromatic carbocycles. The average molecular weight is 273 g/mol. The minimum absolute atomic E-state index is 0.111. The summed E-state index contributed by atoms with van der Waals surface area (Å²) in [5.74, 6) is 0.626. The Morgan fingerprint density at radius 3 is 2.40 bits per heavy atom. The summed E-state index contributed by atoms with van der Waals surface area (Å²) in [6, 6.07) is 7.19. The third kappa shape index (κ3) is 2.82. The minimum Gasteiger partial charge on any atom is -0.388 e. The van der Waals surface area contributed by atoms with Gasteiger partial charge in [0.25, 0.3) is 5.91 Å². The van der Waals surface area contributed by atoms with Crippen LogP contribution in [0.4, 0.5) is 5.69 Å². The molecule has 2 rings (SSSR count). The zero-order valence-electron chi connectivity index (χ0n) is 12.2. The van der Waals surface area contributed by atoms with Crippen molar-refractivity contribution in [3.63, 3.8) is 0 Å². The standard InChI is InChI=1S/C15H19N3O2/c1-9(14-10(2)18-20-11(14)3)17-15(19)12-5-7-13(16-4)8-6-12/h5-9,16H,1-4H3,(H,17,19). The summed E-state index contributed by atoms with van der Waals surface area (Å²) in [4.78, 5) is 12.2. The van der Waals surface area contributed by atoms with Crippen LogP contribution in [0.3, 0.4) is 0 Å². The number of aromatic nitrogens is 1. The van der Waals surface area contributed by atoms with Gasteiger partial charge in [-0.2, -0.15) is 0 Å². The van der Waals surface area contributed by atoms with Crippen molar-refractivity contribution in [1.29, 1.82) is 0 Å². The molecule has 0 aliphatic heterocycles. The number of anilines is 1. The van der Waals surface area contributed by atoms with Gasteiger partial charge in [0.2, 0.25) is 0 Å². The molecule has 5 heteroatoms. The van der Waals surface area contributed by atoms with Crippen LogP contribution in [0, 0.1) is 13.8 Å². The number of nitrogens with one attached hydrogen (secondary N) is 2. The predicted octanol–water partition coefficient (Wildman–Crippen LogP) is 2.82. The Bertz CT molecular complexity index is 583. The summed E-state index contributed by atoms with van der Waals surface area (Å²) in [5.41, 5.74) is 3.34. The number of aryl methyl sites for hydroxylation is 2. The van der Waals surface area contributed by atoms with Gasteiger partial charge in [0, 0.05) is 23.9 Å². The van der Waals surface area contributed by atoms with Gasteiger partial charge in [0.05, 0.1) is 11.7 Å². The van der Waals surface area contributed by atoms with E-state index in [1.807, 2.05) is 40.0 Å². The fraction of sp³-hybridized carbons (Fsp3) is 0.333. The number of hydrogen-bond acceptors (Lipinski definition) is 4. The van der Waals surface area contributed by atoms with Crippen molar-refractivity contribution >= 4 is 11.6 Å². The lowest BCUT2D eigenvalue weighted by molar-refractivity contribution is 0.0939. The van der Waals surface area contributed by atoms with Crippen LogP contribution in [0.25, 0.3) is 0 Å². The molecule has 0 aliphatic rings. The molecule has 2 aromatic rings. The third-order valence-corrected chi connectivity index (χ3v) is 3.30. The first-order chi connectivity index (χ1) is 9.52. The average Bonchev–Trinajstić information content (AvgIpc) is 2.78.